The summed E-state index contributed by atoms with van der Waals surface area (Å²) in [5, 5.41) is 0. The maximum Gasteiger partial charge on any atom is 0.150 e. The van der Waals surface area contributed by atoms with Crippen molar-refractivity contribution in [1.29, 1.82) is 0 Å². The van der Waals surface area contributed by atoms with Crippen molar-refractivity contribution in [2.45, 2.75) is 53.5 Å². The van der Waals surface area contributed by atoms with Crippen molar-refractivity contribution in [3.05, 3.63) is 66.7 Å². The molecule has 1 aromatic heterocycles. The summed E-state index contributed by atoms with van der Waals surface area (Å²) in [5.41, 5.74) is 2.92. The van der Waals surface area contributed by atoms with Crippen molar-refractivity contribution < 1.29 is 14.2 Å². The lowest BCUT2D eigenvalue weighted by atomic mass is 10.2. The van der Waals surface area contributed by atoms with Crippen LogP contribution in [-0.4, -0.2) is 47.3 Å². The largest absolute Gasteiger partial charge is 0.494 e. The molecule has 4 rings (SSSR count). The maximum absolute atomic E-state index is 6.35. The molecule has 0 N–H and O–H groups in total. The molecule has 0 fully saturated rings. The highest BCUT2D eigenvalue weighted by atomic mass is 16.5. The van der Waals surface area contributed by atoms with E-state index < -0.39 is 0 Å². The number of aromatic nitrogens is 2. The van der Waals surface area contributed by atoms with E-state index in [9.17, 15) is 0 Å². The summed E-state index contributed by atoms with van der Waals surface area (Å²) in [6.07, 6.45) is 3.11. The van der Waals surface area contributed by atoms with Crippen molar-refractivity contribution in [2.75, 3.05) is 32.8 Å². The fourth-order valence-corrected chi connectivity index (χ4v) is 4.62. The smallest absolute Gasteiger partial charge is 0.150 e. The number of ether oxygens (including phenoxy) is 3. The molecule has 6 heteroatoms. The Morgan fingerprint density at radius 1 is 0.789 bits per heavy atom. The van der Waals surface area contributed by atoms with E-state index in [1.807, 2.05) is 55.5 Å². The predicted molar refractivity (Wildman–Crippen MR) is 156 cm³/mol. The summed E-state index contributed by atoms with van der Waals surface area (Å²) in [4.78, 5) is 7.56. The number of hydrogen-bond donors (Lipinski definition) is 0. The molecule has 0 aliphatic heterocycles. The van der Waals surface area contributed by atoms with Gasteiger partial charge in [-0.05, 0) is 57.1 Å². The van der Waals surface area contributed by atoms with Gasteiger partial charge in [0, 0.05) is 30.8 Å². The van der Waals surface area contributed by atoms with E-state index in [0.717, 1.165) is 90.9 Å². The van der Waals surface area contributed by atoms with Gasteiger partial charge in [-0.2, -0.15) is 0 Å². The van der Waals surface area contributed by atoms with Gasteiger partial charge in [0.05, 0.1) is 18.7 Å². The zero-order chi connectivity index (χ0) is 26.7. The predicted octanol–water partition coefficient (Wildman–Crippen LogP) is 7.81. The zero-order valence-electron chi connectivity index (χ0n) is 23.3. The monoisotopic (exact) mass is 515 g/mol. The number of para-hydroxylation sites is 1. The Balaban J connectivity index is 1.70. The van der Waals surface area contributed by atoms with Crippen LogP contribution in [0.25, 0.3) is 22.4 Å². The van der Waals surface area contributed by atoms with Crippen LogP contribution in [0.3, 0.4) is 0 Å². The van der Waals surface area contributed by atoms with Crippen LogP contribution in [-0.2, 0) is 6.54 Å². The number of hydrogen-bond acceptors (Lipinski definition) is 5. The highest BCUT2D eigenvalue weighted by molar-refractivity contribution is 5.87. The summed E-state index contributed by atoms with van der Waals surface area (Å²) in [6.45, 7) is 13.8. The molecular formula is C32H41N3O3. The molecule has 0 spiro atoms. The van der Waals surface area contributed by atoms with E-state index in [0.29, 0.717) is 13.2 Å². The van der Waals surface area contributed by atoms with Gasteiger partial charge in [-0.25, -0.2) is 4.98 Å². The number of rotatable bonds is 15. The standard InChI is InChI=1S/C32H41N3O3/c1-5-9-20-35-29-23-28(36-8-4)24-30(37-21-14-19-34(6-2)7-3)31(29)33-32(35)25-15-13-18-27(22-25)38-26-16-11-10-12-17-26/h10-13,15-18,22-24H,5-9,14,19-21H2,1-4H3. The molecule has 0 bridgehead atoms. The summed E-state index contributed by atoms with van der Waals surface area (Å²) >= 11 is 0. The van der Waals surface area contributed by atoms with Crippen LogP contribution < -0.4 is 14.2 Å². The van der Waals surface area contributed by atoms with Crippen molar-refractivity contribution >= 4 is 11.0 Å². The van der Waals surface area contributed by atoms with Crippen molar-refractivity contribution in [2.24, 2.45) is 0 Å². The number of nitrogens with zero attached hydrogens (tertiary/aromatic N) is 3. The van der Waals surface area contributed by atoms with Crippen LogP contribution in [0.1, 0.15) is 47.0 Å². The van der Waals surface area contributed by atoms with Gasteiger partial charge in [-0.1, -0.05) is 57.5 Å². The Hall–Kier alpha value is -3.51. The zero-order valence-corrected chi connectivity index (χ0v) is 23.3. The minimum absolute atomic E-state index is 0.599. The molecule has 0 unspecified atom stereocenters. The average Bonchev–Trinajstić information content (AvgIpc) is 3.31. The molecule has 0 saturated heterocycles. The highest BCUT2D eigenvalue weighted by Crippen LogP contribution is 2.36. The van der Waals surface area contributed by atoms with Crippen LogP contribution in [0, 0.1) is 0 Å². The summed E-state index contributed by atoms with van der Waals surface area (Å²) in [7, 11) is 0. The van der Waals surface area contributed by atoms with Gasteiger partial charge in [0.25, 0.3) is 0 Å². The van der Waals surface area contributed by atoms with E-state index in [1.165, 1.54) is 0 Å². The van der Waals surface area contributed by atoms with Gasteiger partial charge < -0.3 is 23.7 Å². The molecule has 0 aliphatic rings. The van der Waals surface area contributed by atoms with E-state index in [1.54, 1.807) is 0 Å². The Bertz CT molecular complexity index is 1280. The molecule has 6 nitrogen and oxygen atoms in total. The Labute approximate surface area is 227 Å². The SMILES string of the molecule is CCCCn1c(-c2cccc(Oc3ccccc3)c2)nc2c(OCCCN(CC)CC)cc(OCC)cc21. The lowest BCUT2D eigenvalue weighted by molar-refractivity contribution is 0.249. The van der Waals surface area contributed by atoms with Gasteiger partial charge in [0.1, 0.15) is 28.6 Å². The normalized spacial score (nSPS) is 11.3. The van der Waals surface area contributed by atoms with Crippen molar-refractivity contribution in [1.82, 2.24) is 14.5 Å². The number of fused-ring (bicyclic) bond motifs is 1. The van der Waals surface area contributed by atoms with E-state index in [2.05, 4.69) is 48.4 Å². The molecule has 202 valence electrons. The summed E-state index contributed by atoms with van der Waals surface area (Å²) in [5.74, 6) is 4.09. The van der Waals surface area contributed by atoms with E-state index in [-0.39, 0.29) is 0 Å². The fourth-order valence-electron chi connectivity index (χ4n) is 4.62. The lowest BCUT2D eigenvalue weighted by Gasteiger charge is -2.18. The van der Waals surface area contributed by atoms with Crippen molar-refractivity contribution in [3.8, 4) is 34.4 Å². The van der Waals surface area contributed by atoms with E-state index in [4.69, 9.17) is 19.2 Å². The molecule has 0 saturated carbocycles. The Morgan fingerprint density at radius 3 is 2.32 bits per heavy atom. The summed E-state index contributed by atoms with van der Waals surface area (Å²) in [6, 6.07) is 22.1. The number of benzene rings is 3. The van der Waals surface area contributed by atoms with Gasteiger partial charge in [0.15, 0.2) is 5.75 Å². The summed E-state index contributed by atoms with van der Waals surface area (Å²) < 4.78 is 20.7. The molecule has 3 aromatic carbocycles. The molecule has 38 heavy (non-hydrogen) atoms. The number of aryl methyl sites for hydroxylation is 1. The molecule has 0 aliphatic carbocycles. The minimum Gasteiger partial charge on any atom is -0.494 e. The quantitative estimate of drug-likeness (QED) is 0.151. The first-order valence-corrected chi connectivity index (χ1v) is 14.0. The second kappa shape index (κ2) is 13.9. The highest BCUT2D eigenvalue weighted by Gasteiger charge is 2.18. The molecular weight excluding hydrogens is 474 g/mol. The van der Waals surface area contributed by atoms with Gasteiger partial charge in [0.2, 0.25) is 0 Å². The van der Waals surface area contributed by atoms with Gasteiger partial charge >= 0.3 is 0 Å². The molecule has 4 aromatic rings. The van der Waals surface area contributed by atoms with Gasteiger partial charge in [-0.15, -0.1) is 0 Å². The third-order valence-corrected chi connectivity index (χ3v) is 6.68. The van der Waals surface area contributed by atoms with Crippen LogP contribution in [0.2, 0.25) is 0 Å². The Morgan fingerprint density at radius 2 is 1.58 bits per heavy atom. The molecule has 1 heterocycles. The fraction of sp³-hybridized carbons (Fsp3) is 0.406. The maximum atomic E-state index is 6.35. The van der Waals surface area contributed by atoms with Crippen LogP contribution in [0.4, 0.5) is 0 Å². The minimum atomic E-state index is 0.599. The van der Waals surface area contributed by atoms with Crippen LogP contribution in [0.15, 0.2) is 66.7 Å². The van der Waals surface area contributed by atoms with Gasteiger partial charge in [-0.3, -0.25) is 0 Å². The van der Waals surface area contributed by atoms with E-state index >= 15 is 0 Å². The molecule has 0 radical (unpaired) electrons. The second-order valence-corrected chi connectivity index (χ2v) is 9.33. The third kappa shape index (κ3) is 6.87. The first-order chi connectivity index (χ1) is 18.7. The topological polar surface area (TPSA) is 48.8 Å². The van der Waals surface area contributed by atoms with Crippen LogP contribution >= 0.6 is 0 Å². The first kappa shape index (κ1) is 27.5. The molecule has 0 amide bonds. The third-order valence-electron chi connectivity index (χ3n) is 6.68. The number of unbranched alkanes of at least 4 members (excludes halogenated alkanes) is 1. The first-order valence-electron chi connectivity index (χ1n) is 14.0. The second-order valence-electron chi connectivity index (χ2n) is 9.33. The lowest BCUT2D eigenvalue weighted by Crippen LogP contribution is -2.25. The van der Waals surface area contributed by atoms with Crippen LogP contribution in [0.5, 0.6) is 23.0 Å². The molecule has 0 atom stereocenters. The number of imidazole rings is 1. The Kier molecular flexibility index (Phi) is 10.0. The average molecular weight is 516 g/mol. The van der Waals surface area contributed by atoms with Crippen molar-refractivity contribution in [3.63, 3.8) is 0 Å².